The maximum absolute atomic E-state index is 13.2. The predicted molar refractivity (Wildman–Crippen MR) is 138 cm³/mol. The molecule has 0 unspecified atom stereocenters. The summed E-state index contributed by atoms with van der Waals surface area (Å²) in [4.78, 5) is 50.8. The lowest BCUT2D eigenvalue weighted by Crippen LogP contribution is -2.43. The molecule has 8 nitrogen and oxygen atoms in total. The Kier molecular flexibility index (Phi) is 9.25. The predicted octanol–water partition coefficient (Wildman–Crippen LogP) is 3.22. The average Bonchev–Trinajstić information content (AvgIpc) is 2.85. The third-order valence-electron chi connectivity index (χ3n) is 5.92. The van der Waals surface area contributed by atoms with Crippen molar-refractivity contribution < 1.29 is 9.59 Å². The largest absolute Gasteiger partial charge is 0.352 e. The summed E-state index contributed by atoms with van der Waals surface area (Å²) < 4.78 is 2.49. The molecule has 2 aromatic carbocycles. The Balaban J connectivity index is 1.67. The molecule has 2 amide bonds. The number of para-hydroxylation sites is 1. The van der Waals surface area contributed by atoms with E-state index in [-0.39, 0.29) is 37.4 Å². The lowest BCUT2D eigenvalue weighted by Gasteiger charge is -2.16. The van der Waals surface area contributed by atoms with Crippen LogP contribution in [-0.4, -0.2) is 27.0 Å². The maximum Gasteiger partial charge on any atom is 0.331 e. The molecule has 2 N–H and O–H groups in total. The molecule has 0 aliphatic rings. The monoisotopic (exact) mass is 498 g/mol. The van der Waals surface area contributed by atoms with Crippen LogP contribution in [-0.2, 0) is 29.2 Å². The molecule has 35 heavy (non-hydrogen) atoms. The molecule has 9 heteroatoms. The van der Waals surface area contributed by atoms with Crippen LogP contribution in [0.25, 0.3) is 10.9 Å². The molecule has 186 valence electrons. The van der Waals surface area contributed by atoms with Crippen molar-refractivity contribution in [2.24, 2.45) is 0 Å². The molecule has 0 saturated heterocycles. The van der Waals surface area contributed by atoms with Gasteiger partial charge in [0.05, 0.1) is 10.9 Å². The molecule has 1 heterocycles. The van der Waals surface area contributed by atoms with Crippen LogP contribution in [0.1, 0.15) is 45.1 Å². The highest BCUT2D eigenvalue weighted by molar-refractivity contribution is 6.31. The van der Waals surface area contributed by atoms with Gasteiger partial charge in [-0.2, -0.15) is 0 Å². The maximum atomic E-state index is 13.2. The SMILES string of the molecule is CC[C@@H](C)NC(=O)Cn1c(=O)n(CCCCC(=O)NCc2ccccc2Cl)c(=O)c2ccccc21. The van der Waals surface area contributed by atoms with Crippen LogP contribution in [0.4, 0.5) is 0 Å². The topological polar surface area (TPSA) is 102 Å². The first-order valence-corrected chi connectivity index (χ1v) is 12.2. The van der Waals surface area contributed by atoms with Crippen molar-refractivity contribution in [3.63, 3.8) is 0 Å². The second-order valence-electron chi connectivity index (χ2n) is 8.54. The Hall–Kier alpha value is -3.39. The van der Waals surface area contributed by atoms with Gasteiger partial charge in [0.2, 0.25) is 11.8 Å². The third-order valence-corrected chi connectivity index (χ3v) is 6.29. The minimum atomic E-state index is -0.531. The lowest BCUT2D eigenvalue weighted by molar-refractivity contribution is -0.122. The van der Waals surface area contributed by atoms with Crippen molar-refractivity contribution in [1.82, 2.24) is 19.8 Å². The number of unbranched alkanes of at least 4 members (excludes halogenated alkanes) is 1. The molecule has 3 rings (SSSR count). The summed E-state index contributed by atoms with van der Waals surface area (Å²) in [6.07, 6.45) is 2.00. The van der Waals surface area contributed by atoms with Crippen LogP contribution in [0, 0.1) is 0 Å². The fraction of sp³-hybridized carbons (Fsp3) is 0.385. The van der Waals surface area contributed by atoms with Gasteiger partial charge in [-0.15, -0.1) is 0 Å². The Labute approximate surface area is 208 Å². The number of carbonyl (C=O) groups is 2. The fourth-order valence-electron chi connectivity index (χ4n) is 3.77. The molecular weight excluding hydrogens is 468 g/mol. The number of benzene rings is 2. The van der Waals surface area contributed by atoms with Gasteiger partial charge in [-0.1, -0.05) is 48.9 Å². The van der Waals surface area contributed by atoms with Crippen LogP contribution in [0.5, 0.6) is 0 Å². The lowest BCUT2D eigenvalue weighted by atomic mass is 10.2. The molecule has 0 fully saturated rings. The fourth-order valence-corrected chi connectivity index (χ4v) is 3.97. The Morgan fingerprint density at radius 2 is 1.69 bits per heavy atom. The molecule has 1 aromatic heterocycles. The van der Waals surface area contributed by atoms with Gasteiger partial charge in [-0.25, -0.2) is 4.79 Å². The zero-order valence-corrected chi connectivity index (χ0v) is 20.8. The van der Waals surface area contributed by atoms with Gasteiger partial charge >= 0.3 is 5.69 Å². The number of carbonyl (C=O) groups excluding carboxylic acids is 2. The van der Waals surface area contributed by atoms with Gasteiger partial charge in [0, 0.05) is 30.6 Å². The van der Waals surface area contributed by atoms with Crippen molar-refractivity contribution in [1.29, 1.82) is 0 Å². The van der Waals surface area contributed by atoms with Gasteiger partial charge < -0.3 is 10.6 Å². The summed E-state index contributed by atoms with van der Waals surface area (Å²) in [5.41, 5.74) is 0.337. The van der Waals surface area contributed by atoms with E-state index in [0.717, 1.165) is 16.6 Å². The van der Waals surface area contributed by atoms with E-state index in [4.69, 9.17) is 11.6 Å². The van der Waals surface area contributed by atoms with E-state index in [2.05, 4.69) is 10.6 Å². The third kappa shape index (κ3) is 6.82. The van der Waals surface area contributed by atoms with E-state index in [0.29, 0.717) is 35.3 Å². The summed E-state index contributed by atoms with van der Waals surface area (Å²) >= 11 is 6.11. The first-order chi connectivity index (χ1) is 16.8. The van der Waals surface area contributed by atoms with E-state index in [1.54, 1.807) is 30.3 Å². The molecule has 1 atom stereocenters. The Morgan fingerprint density at radius 1 is 0.971 bits per heavy atom. The normalized spacial score (nSPS) is 11.9. The van der Waals surface area contributed by atoms with E-state index in [9.17, 15) is 19.2 Å². The molecule has 0 aliphatic heterocycles. The molecule has 0 spiro atoms. The smallest absolute Gasteiger partial charge is 0.331 e. The second-order valence-corrected chi connectivity index (χ2v) is 8.95. The van der Waals surface area contributed by atoms with Crippen molar-refractivity contribution >= 4 is 34.3 Å². The summed E-state index contributed by atoms with van der Waals surface area (Å²) in [6.45, 7) is 4.18. The Morgan fingerprint density at radius 3 is 2.43 bits per heavy atom. The van der Waals surface area contributed by atoms with Crippen LogP contribution in [0.3, 0.4) is 0 Å². The summed E-state index contributed by atoms with van der Waals surface area (Å²) in [6, 6.07) is 14.1. The van der Waals surface area contributed by atoms with Crippen LogP contribution >= 0.6 is 11.6 Å². The number of fused-ring (bicyclic) bond motifs is 1. The van der Waals surface area contributed by atoms with Crippen LogP contribution < -0.4 is 21.9 Å². The van der Waals surface area contributed by atoms with Gasteiger partial charge in [-0.05, 0) is 49.9 Å². The van der Waals surface area contributed by atoms with Crippen molar-refractivity contribution in [3.05, 3.63) is 80.0 Å². The number of hydrogen-bond donors (Lipinski definition) is 2. The van der Waals surface area contributed by atoms with E-state index >= 15 is 0 Å². The Bertz CT molecular complexity index is 1310. The second kappa shape index (κ2) is 12.4. The van der Waals surface area contributed by atoms with E-state index < -0.39 is 11.2 Å². The molecule has 0 radical (unpaired) electrons. The highest BCUT2D eigenvalue weighted by Gasteiger charge is 2.16. The first-order valence-electron chi connectivity index (χ1n) is 11.8. The number of aromatic nitrogens is 2. The quantitative estimate of drug-likeness (QED) is 0.396. The van der Waals surface area contributed by atoms with Gasteiger partial charge in [0.15, 0.2) is 0 Å². The van der Waals surface area contributed by atoms with E-state index in [1.807, 2.05) is 32.0 Å². The molecule has 3 aromatic rings. The minimum absolute atomic E-state index is 0.0144. The minimum Gasteiger partial charge on any atom is -0.352 e. The molecule has 0 aliphatic carbocycles. The zero-order valence-electron chi connectivity index (χ0n) is 20.1. The number of nitrogens with one attached hydrogen (secondary N) is 2. The molecule has 0 saturated carbocycles. The number of rotatable bonds is 11. The molecule has 0 bridgehead atoms. The number of nitrogens with zero attached hydrogens (tertiary/aromatic N) is 2. The van der Waals surface area contributed by atoms with Crippen molar-refractivity contribution in [2.75, 3.05) is 0 Å². The number of halogens is 1. The van der Waals surface area contributed by atoms with Crippen LogP contribution in [0.15, 0.2) is 58.1 Å². The van der Waals surface area contributed by atoms with Gasteiger partial charge in [0.1, 0.15) is 6.54 Å². The summed E-state index contributed by atoms with van der Waals surface area (Å²) in [5, 5.41) is 6.66. The van der Waals surface area contributed by atoms with Crippen molar-refractivity contribution in [2.45, 2.75) is 65.2 Å². The standard InChI is InChI=1S/C26H31ClN4O4/c1-3-18(2)29-24(33)17-31-22-13-7-5-11-20(22)25(34)30(26(31)35)15-9-8-14-23(32)28-16-19-10-4-6-12-21(19)27/h4-7,10-13,18H,3,8-9,14-17H2,1-2H3,(H,28,32)(H,29,33)/t18-/m1/s1. The first kappa shape index (κ1) is 26.2. The number of hydrogen-bond acceptors (Lipinski definition) is 4. The van der Waals surface area contributed by atoms with E-state index in [1.165, 1.54) is 4.57 Å². The molecular formula is C26H31ClN4O4. The highest BCUT2D eigenvalue weighted by Crippen LogP contribution is 2.14. The van der Waals surface area contributed by atoms with Crippen molar-refractivity contribution in [3.8, 4) is 0 Å². The summed E-state index contributed by atoms with van der Waals surface area (Å²) in [5.74, 6) is -0.415. The van der Waals surface area contributed by atoms with Crippen LogP contribution in [0.2, 0.25) is 5.02 Å². The number of amides is 2. The van der Waals surface area contributed by atoms with Gasteiger partial charge in [0.25, 0.3) is 5.56 Å². The summed E-state index contributed by atoms with van der Waals surface area (Å²) in [7, 11) is 0. The average molecular weight is 499 g/mol. The zero-order chi connectivity index (χ0) is 25.4. The highest BCUT2D eigenvalue weighted by atomic mass is 35.5. The van der Waals surface area contributed by atoms with Gasteiger partial charge in [-0.3, -0.25) is 23.5 Å².